The average molecular weight is 268 g/mol. The summed E-state index contributed by atoms with van der Waals surface area (Å²) in [5, 5.41) is 0. The molecule has 2 rings (SSSR count). The van der Waals surface area contributed by atoms with Gasteiger partial charge in [-0.15, -0.1) is 0 Å². The second-order valence-electron chi connectivity index (χ2n) is 4.66. The Hall–Kier alpha value is -2.29. The molecule has 3 nitrogen and oxygen atoms in total. The molecule has 0 fully saturated rings. The van der Waals surface area contributed by atoms with Gasteiger partial charge in [-0.05, 0) is 43.2 Å². The summed E-state index contributed by atoms with van der Waals surface area (Å²) in [5.41, 5.74) is 9.26. The number of nitrogen functional groups attached to an aromatic ring is 1. The first-order chi connectivity index (χ1) is 9.67. The van der Waals surface area contributed by atoms with Crippen LogP contribution in [0.1, 0.15) is 29.8 Å². The Kier molecular flexibility index (Phi) is 4.41. The lowest BCUT2D eigenvalue weighted by molar-refractivity contribution is 0.0988. The fourth-order valence-corrected chi connectivity index (χ4v) is 2.20. The van der Waals surface area contributed by atoms with Crippen molar-refractivity contribution in [3.05, 3.63) is 59.7 Å². The summed E-state index contributed by atoms with van der Waals surface area (Å²) in [4.78, 5) is 14.3. The van der Waals surface area contributed by atoms with Crippen molar-refractivity contribution in [2.75, 3.05) is 17.2 Å². The number of aryl methyl sites for hydroxylation is 1. The number of nitrogens with zero attached hydrogens (tertiary/aromatic N) is 1. The lowest BCUT2D eigenvalue weighted by Gasteiger charge is -2.22. The zero-order valence-corrected chi connectivity index (χ0v) is 12.0. The van der Waals surface area contributed by atoms with Crippen LogP contribution in [0.2, 0.25) is 0 Å². The van der Waals surface area contributed by atoms with Gasteiger partial charge in [0.2, 0.25) is 0 Å². The molecule has 0 saturated heterocycles. The lowest BCUT2D eigenvalue weighted by atomic mass is 10.1. The molecule has 0 aromatic heterocycles. The summed E-state index contributed by atoms with van der Waals surface area (Å²) in [7, 11) is 0. The van der Waals surface area contributed by atoms with Crippen LogP contribution in [-0.2, 0) is 6.42 Å². The number of anilines is 2. The number of hydrogen-bond acceptors (Lipinski definition) is 2. The van der Waals surface area contributed by atoms with E-state index in [4.69, 9.17) is 5.73 Å². The molecule has 104 valence electrons. The predicted molar refractivity (Wildman–Crippen MR) is 84.0 cm³/mol. The standard InChI is InChI=1S/C17H20N2O/c1-3-13-9-11-14(12-10-13)17(20)19(4-2)16-8-6-5-7-15(16)18/h5-12H,3-4,18H2,1-2H3. The summed E-state index contributed by atoms with van der Waals surface area (Å²) >= 11 is 0. The number of hydrogen-bond donors (Lipinski definition) is 1. The van der Waals surface area contributed by atoms with Gasteiger partial charge >= 0.3 is 0 Å². The van der Waals surface area contributed by atoms with E-state index in [1.165, 1.54) is 5.56 Å². The average Bonchev–Trinajstić information content (AvgIpc) is 2.50. The molecule has 3 heteroatoms. The number of amides is 1. The molecule has 2 N–H and O–H groups in total. The number of nitrogens with two attached hydrogens (primary N) is 1. The Bertz CT molecular complexity index is 590. The molecule has 0 unspecified atom stereocenters. The fourth-order valence-electron chi connectivity index (χ4n) is 2.20. The molecule has 0 spiro atoms. The normalized spacial score (nSPS) is 10.3. The van der Waals surface area contributed by atoms with Crippen LogP contribution >= 0.6 is 0 Å². The fraction of sp³-hybridized carbons (Fsp3) is 0.235. The number of para-hydroxylation sites is 2. The Morgan fingerprint density at radius 3 is 2.25 bits per heavy atom. The predicted octanol–water partition coefficient (Wildman–Crippen LogP) is 3.50. The molecule has 2 aromatic rings. The quantitative estimate of drug-likeness (QED) is 0.863. The lowest BCUT2D eigenvalue weighted by Crippen LogP contribution is -2.31. The molecule has 0 radical (unpaired) electrons. The van der Waals surface area contributed by atoms with Crippen LogP contribution < -0.4 is 10.6 Å². The van der Waals surface area contributed by atoms with Crippen LogP contribution in [0.25, 0.3) is 0 Å². The van der Waals surface area contributed by atoms with Crippen LogP contribution in [0.5, 0.6) is 0 Å². The van der Waals surface area contributed by atoms with Crippen molar-refractivity contribution in [1.82, 2.24) is 0 Å². The van der Waals surface area contributed by atoms with E-state index in [0.29, 0.717) is 17.8 Å². The van der Waals surface area contributed by atoms with E-state index >= 15 is 0 Å². The molecule has 0 atom stereocenters. The Morgan fingerprint density at radius 2 is 1.70 bits per heavy atom. The van der Waals surface area contributed by atoms with Crippen LogP contribution in [0, 0.1) is 0 Å². The van der Waals surface area contributed by atoms with Crippen LogP contribution in [0.15, 0.2) is 48.5 Å². The van der Waals surface area contributed by atoms with E-state index in [-0.39, 0.29) is 5.91 Å². The third-order valence-corrected chi connectivity index (χ3v) is 3.40. The molecule has 2 aromatic carbocycles. The van der Waals surface area contributed by atoms with Crippen LogP contribution in [0.4, 0.5) is 11.4 Å². The second kappa shape index (κ2) is 6.24. The summed E-state index contributed by atoms with van der Waals surface area (Å²) < 4.78 is 0. The van der Waals surface area contributed by atoms with Crippen molar-refractivity contribution < 1.29 is 4.79 Å². The largest absolute Gasteiger partial charge is 0.397 e. The molecule has 0 aliphatic heterocycles. The van der Waals surface area contributed by atoms with Crippen molar-refractivity contribution in [3.63, 3.8) is 0 Å². The van der Waals surface area contributed by atoms with Gasteiger partial charge in [0.15, 0.2) is 0 Å². The van der Waals surface area contributed by atoms with E-state index in [0.717, 1.165) is 12.1 Å². The topological polar surface area (TPSA) is 46.3 Å². The SMILES string of the molecule is CCc1ccc(C(=O)N(CC)c2ccccc2N)cc1. The zero-order valence-electron chi connectivity index (χ0n) is 12.0. The molecule has 0 saturated carbocycles. The first kappa shape index (κ1) is 14.1. The minimum atomic E-state index is -0.0203. The molecule has 20 heavy (non-hydrogen) atoms. The van der Waals surface area contributed by atoms with E-state index in [2.05, 4.69) is 6.92 Å². The Balaban J connectivity index is 2.31. The smallest absolute Gasteiger partial charge is 0.258 e. The minimum absolute atomic E-state index is 0.0203. The maximum atomic E-state index is 12.6. The van der Waals surface area contributed by atoms with Gasteiger partial charge in [-0.25, -0.2) is 0 Å². The number of carbonyl (C=O) groups is 1. The van der Waals surface area contributed by atoms with Gasteiger partial charge in [-0.3, -0.25) is 4.79 Å². The first-order valence-corrected chi connectivity index (χ1v) is 6.92. The molecule has 1 amide bonds. The van der Waals surface area contributed by atoms with E-state index in [9.17, 15) is 4.79 Å². The third kappa shape index (κ3) is 2.82. The molecule has 0 aliphatic rings. The highest BCUT2D eigenvalue weighted by atomic mass is 16.2. The highest BCUT2D eigenvalue weighted by Gasteiger charge is 2.17. The minimum Gasteiger partial charge on any atom is -0.397 e. The number of rotatable bonds is 4. The van der Waals surface area contributed by atoms with Crippen molar-refractivity contribution in [2.24, 2.45) is 0 Å². The molecule has 0 aliphatic carbocycles. The zero-order chi connectivity index (χ0) is 14.5. The van der Waals surface area contributed by atoms with Gasteiger partial charge in [0.1, 0.15) is 0 Å². The van der Waals surface area contributed by atoms with E-state index in [1.54, 1.807) is 4.90 Å². The van der Waals surface area contributed by atoms with Crippen molar-refractivity contribution in [3.8, 4) is 0 Å². The first-order valence-electron chi connectivity index (χ1n) is 6.92. The monoisotopic (exact) mass is 268 g/mol. The van der Waals surface area contributed by atoms with Crippen LogP contribution in [-0.4, -0.2) is 12.5 Å². The summed E-state index contributed by atoms with van der Waals surface area (Å²) in [6, 6.07) is 15.2. The second-order valence-corrected chi connectivity index (χ2v) is 4.66. The van der Waals surface area contributed by atoms with Gasteiger partial charge in [0.05, 0.1) is 11.4 Å². The molecule has 0 heterocycles. The maximum Gasteiger partial charge on any atom is 0.258 e. The highest BCUT2D eigenvalue weighted by Crippen LogP contribution is 2.24. The van der Waals surface area contributed by atoms with Crippen molar-refractivity contribution in [1.29, 1.82) is 0 Å². The number of benzene rings is 2. The Labute approximate surface area is 120 Å². The van der Waals surface area contributed by atoms with E-state index in [1.807, 2.05) is 55.5 Å². The van der Waals surface area contributed by atoms with Crippen LogP contribution in [0.3, 0.4) is 0 Å². The van der Waals surface area contributed by atoms with Gasteiger partial charge in [-0.1, -0.05) is 31.2 Å². The van der Waals surface area contributed by atoms with Gasteiger partial charge < -0.3 is 10.6 Å². The molecular weight excluding hydrogens is 248 g/mol. The van der Waals surface area contributed by atoms with Crippen molar-refractivity contribution >= 4 is 17.3 Å². The van der Waals surface area contributed by atoms with Gasteiger partial charge in [0.25, 0.3) is 5.91 Å². The maximum absolute atomic E-state index is 12.6. The summed E-state index contributed by atoms with van der Waals surface area (Å²) in [5.74, 6) is -0.0203. The summed E-state index contributed by atoms with van der Waals surface area (Å²) in [6.07, 6.45) is 0.970. The Morgan fingerprint density at radius 1 is 1.05 bits per heavy atom. The van der Waals surface area contributed by atoms with E-state index < -0.39 is 0 Å². The van der Waals surface area contributed by atoms with Crippen molar-refractivity contribution in [2.45, 2.75) is 20.3 Å². The van der Waals surface area contributed by atoms with Gasteiger partial charge in [-0.2, -0.15) is 0 Å². The number of carbonyl (C=O) groups excluding carboxylic acids is 1. The summed E-state index contributed by atoms with van der Waals surface area (Å²) in [6.45, 7) is 4.63. The molecule has 0 bridgehead atoms. The molecular formula is C17H20N2O. The third-order valence-electron chi connectivity index (χ3n) is 3.40. The van der Waals surface area contributed by atoms with Gasteiger partial charge in [0, 0.05) is 12.1 Å². The highest BCUT2D eigenvalue weighted by molar-refractivity contribution is 6.07.